The van der Waals surface area contributed by atoms with E-state index < -0.39 is 5.91 Å². The number of carbonyl (C=O) groups is 1. The molecule has 10 nitrogen and oxygen atoms in total. The van der Waals surface area contributed by atoms with Crippen molar-refractivity contribution in [1.29, 1.82) is 0 Å². The first-order valence-corrected chi connectivity index (χ1v) is 10.2. The first-order valence-electron chi connectivity index (χ1n) is 10.2. The molecule has 1 saturated heterocycles. The van der Waals surface area contributed by atoms with Gasteiger partial charge in [0.05, 0.1) is 17.5 Å². The predicted molar refractivity (Wildman–Crippen MR) is 124 cm³/mol. The van der Waals surface area contributed by atoms with Gasteiger partial charge in [-0.05, 0) is 37.1 Å². The molecule has 6 N–H and O–H groups in total. The van der Waals surface area contributed by atoms with E-state index in [0.29, 0.717) is 54.3 Å². The van der Waals surface area contributed by atoms with Gasteiger partial charge < -0.3 is 31.2 Å². The number of pyridine rings is 1. The number of carbonyl (C=O) groups excluding carboxylic acids is 1. The molecule has 3 heterocycles. The number of hydrogen-bond acceptors (Lipinski definition) is 9. The van der Waals surface area contributed by atoms with Gasteiger partial charge in [0.15, 0.2) is 5.69 Å². The molecule has 1 fully saturated rings. The van der Waals surface area contributed by atoms with Gasteiger partial charge in [-0.3, -0.25) is 9.79 Å². The second-order valence-electron chi connectivity index (χ2n) is 7.57. The summed E-state index contributed by atoms with van der Waals surface area (Å²) in [6, 6.07) is 6.92. The van der Waals surface area contributed by atoms with Gasteiger partial charge in [-0.15, -0.1) is 0 Å². The molecule has 0 radical (unpaired) electrons. The normalized spacial score (nSPS) is 14.8. The maximum atomic E-state index is 13.0. The fraction of sp³-hybridized carbons (Fsp3) is 0.273. The van der Waals surface area contributed by atoms with Gasteiger partial charge in [0.2, 0.25) is 5.89 Å². The van der Waals surface area contributed by atoms with Crippen molar-refractivity contribution >= 4 is 35.0 Å². The van der Waals surface area contributed by atoms with Crippen molar-refractivity contribution in [3.05, 3.63) is 48.0 Å². The van der Waals surface area contributed by atoms with Crippen LogP contribution in [0.1, 0.15) is 28.9 Å². The molecule has 3 aromatic rings. The second-order valence-corrected chi connectivity index (χ2v) is 7.57. The van der Waals surface area contributed by atoms with Crippen molar-refractivity contribution in [2.45, 2.75) is 18.9 Å². The number of nitrogens with two attached hydrogens (primary N) is 2. The van der Waals surface area contributed by atoms with Gasteiger partial charge >= 0.3 is 0 Å². The van der Waals surface area contributed by atoms with Crippen LogP contribution in [0, 0.1) is 0 Å². The first-order chi connectivity index (χ1) is 15.4. The standard InChI is InChI=1S/C22H25N7O3/c1-25-11-14-8-17(19(10-16(14)23)29-6-3-15(30)4-7-29)27-21(31)18-12-32-22(28-18)13-2-5-26-20(24)9-13/h2,5,8-12,15,30H,3-4,6-7,23H2,1H3,(H2,24,26)(H,27,31). The Kier molecular flexibility index (Phi) is 6.04. The van der Waals surface area contributed by atoms with Crippen molar-refractivity contribution in [1.82, 2.24) is 9.97 Å². The SMILES string of the molecule is CN=Cc1cc(NC(=O)c2coc(-c3ccnc(N)c3)n2)c(N2CCC(O)CC2)cc1N. The van der Waals surface area contributed by atoms with Crippen LogP contribution in [0.2, 0.25) is 0 Å². The number of aromatic nitrogens is 2. The minimum Gasteiger partial charge on any atom is -0.444 e. The lowest BCUT2D eigenvalue weighted by Crippen LogP contribution is -2.36. The molecule has 32 heavy (non-hydrogen) atoms. The zero-order chi connectivity index (χ0) is 22.7. The van der Waals surface area contributed by atoms with Crippen LogP contribution >= 0.6 is 0 Å². The van der Waals surface area contributed by atoms with E-state index in [-0.39, 0.29) is 17.7 Å². The molecular formula is C22H25N7O3. The number of aliphatic hydroxyl groups excluding tert-OH is 1. The lowest BCUT2D eigenvalue weighted by Gasteiger charge is -2.33. The van der Waals surface area contributed by atoms with E-state index in [0.717, 1.165) is 5.69 Å². The lowest BCUT2D eigenvalue weighted by atomic mass is 10.0. The molecule has 166 valence electrons. The molecule has 10 heteroatoms. The molecule has 0 saturated carbocycles. The Balaban J connectivity index is 1.62. The Morgan fingerprint density at radius 2 is 2.09 bits per heavy atom. The van der Waals surface area contributed by atoms with E-state index in [1.54, 1.807) is 37.7 Å². The van der Waals surface area contributed by atoms with Crippen molar-refractivity contribution in [2.75, 3.05) is 41.8 Å². The highest BCUT2D eigenvalue weighted by atomic mass is 16.3. The summed E-state index contributed by atoms with van der Waals surface area (Å²) in [6.45, 7) is 1.31. The topological polar surface area (TPSA) is 156 Å². The highest BCUT2D eigenvalue weighted by Gasteiger charge is 2.22. The van der Waals surface area contributed by atoms with Gasteiger partial charge in [-0.25, -0.2) is 9.97 Å². The molecule has 1 aliphatic rings. The van der Waals surface area contributed by atoms with Crippen molar-refractivity contribution < 1.29 is 14.3 Å². The largest absolute Gasteiger partial charge is 0.444 e. The van der Waals surface area contributed by atoms with Gasteiger partial charge in [0.25, 0.3) is 5.91 Å². The van der Waals surface area contributed by atoms with Crippen molar-refractivity contribution in [3.63, 3.8) is 0 Å². The second kappa shape index (κ2) is 9.06. The molecule has 0 spiro atoms. The Bertz CT molecular complexity index is 1150. The number of nitrogens with one attached hydrogen (secondary N) is 1. The molecule has 1 aromatic carbocycles. The Hall–Kier alpha value is -3.92. The summed E-state index contributed by atoms with van der Waals surface area (Å²) < 4.78 is 5.47. The first kappa shape index (κ1) is 21.3. The summed E-state index contributed by atoms with van der Waals surface area (Å²) in [5.74, 6) is 0.171. The Labute approximate surface area is 185 Å². The van der Waals surface area contributed by atoms with Crippen LogP contribution in [0.15, 0.2) is 46.1 Å². The van der Waals surface area contributed by atoms with Crippen molar-refractivity contribution in [2.24, 2.45) is 4.99 Å². The number of nitrogen functional groups attached to an aromatic ring is 2. The number of rotatable bonds is 5. The lowest BCUT2D eigenvalue weighted by molar-refractivity contribution is 0.102. The molecule has 1 aliphatic heterocycles. The third-order valence-corrected chi connectivity index (χ3v) is 5.29. The van der Waals surface area contributed by atoms with Crippen LogP contribution in [0.3, 0.4) is 0 Å². The zero-order valence-electron chi connectivity index (χ0n) is 17.7. The third-order valence-electron chi connectivity index (χ3n) is 5.29. The summed E-state index contributed by atoms with van der Waals surface area (Å²) >= 11 is 0. The summed E-state index contributed by atoms with van der Waals surface area (Å²) in [7, 11) is 1.65. The summed E-state index contributed by atoms with van der Waals surface area (Å²) in [4.78, 5) is 27.3. The fourth-order valence-corrected chi connectivity index (χ4v) is 3.62. The number of piperidine rings is 1. The highest BCUT2D eigenvalue weighted by Crippen LogP contribution is 2.33. The van der Waals surface area contributed by atoms with Crippen LogP contribution in [0.5, 0.6) is 0 Å². The van der Waals surface area contributed by atoms with Gasteiger partial charge in [0, 0.05) is 49.4 Å². The number of amides is 1. The smallest absolute Gasteiger partial charge is 0.277 e. The predicted octanol–water partition coefficient (Wildman–Crippen LogP) is 2.16. The van der Waals surface area contributed by atoms with Gasteiger partial charge in [0.1, 0.15) is 12.1 Å². The number of nitrogens with zero attached hydrogens (tertiary/aromatic N) is 4. The molecule has 0 atom stereocenters. The van der Waals surface area contributed by atoms with Crippen LogP contribution in [-0.2, 0) is 0 Å². The monoisotopic (exact) mass is 435 g/mol. The van der Waals surface area contributed by atoms with E-state index in [1.807, 2.05) is 6.07 Å². The van der Waals surface area contributed by atoms with Crippen LogP contribution in [0.4, 0.5) is 22.9 Å². The summed E-state index contributed by atoms with van der Waals surface area (Å²) in [6.07, 6.45) is 5.45. The van der Waals surface area contributed by atoms with E-state index in [1.165, 1.54) is 6.26 Å². The average molecular weight is 435 g/mol. The number of aliphatic hydroxyl groups is 1. The van der Waals surface area contributed by atoms with Crippen LogP contribution in [-0.4, -0.2) is 53.4 Å². The molecule has 0 unspecified atom stereocenters. The minimum atomic E-state index is -0.426. The minimum absolute atomic E-state index is 0.123. The van der Waals surface area contributed by atoms with E-state index in [2.05, 4.69) is 25.2 Å². The highest BCUT2D eigenvalue weighted by molar-refractivity contribution is 6.06. The van der Waals surface area contributed by atoms with E-state index in [4.69, 9.17) is 15.9 Å². The third kappa shape index (κ3) is 4.54. The number of aliphatic imine (C=N–C) groups is 1. The number of oxazole rings is 1. The van der Waals surface area contributed by atoms with Crippen LogP contribution in [0.25, 0.3) is 11.5 Å². The molecule has 2 aromatic heterocycles. The summed E-state index contributed by atoms with van der Waals surface area (Å²) in [5.41, 5.74) is 15.3. The maximum absolute atomic E-state index is 13.0. The van der Waals surface area contributed by atoms with Crippen molar-refractivity contribution in [3.8, 4) is 11.5 Å². The zero-order valence-corrected chi connectivity index (χ0v) is 17.7. The molecule has 0 aliphatic carbocycles. The fourth-order valence-electron chi connectivity index (χ4n) is 3.62. The number of anilines is 4. The van der Waals surface area contributed by atoms with E-state index >= 15 is 0 Å². The average Bonchev–Trinajstić information content (AvgIpc) is 3.27. The maximum Gasteiger partial charge on any atom is 0.277 e. The van der Waals surface area contributed by atoms with Gasteiger partial charge in [-0.2, -0.15) is 0 Å². The number of hydrogen-bond donors (Lipinski definition) is 4. The molecule has 4 rings (SSSR count). The van der Waals surface area contributed by atoms with Gasteiger partial charge in [-0.1, -0.05) is 0 Å². The summed E-state index contributed by atoms with van der Waals surface area (Å²) in [5, 5.41) is 12.8. The quantitative estimate of drug-likeness (QED) is 0.351. The molecular weight excluding hydrogens is 410 g/mol. The molecule has 1 amide bonds. The number of benzene rings is 1. The molecule has 0 bridgehead atoms. The van der Waals surface area contributed by atoms with E-state index in [9.17, 15) is 9.90 Å². The Morgan fingerprint density at radius 3 is 2.81 bits per heavy atom. The Morgan fingerprint density at radius 1 is 1.31 bits per heavy atom. The van der Waals surface area contributed by atoms with Crippen LogP contribution < -0.4 is 21.7 Å².